The van der Waals surface area contributed by atoms with Gasteiger partial charge in [0.2, 0.25) is 0 Å². The number of nitro groups is 1. The highest BCUT2D eigenvalue weighted by molar-refractivity contribution is 7.16. The third-order valence-electron chi connectivity index (χ3n) is 10.7. The van der Waals surface area contributed by atoms with E-state index in [1.807, 2.05) is 194 Å². The Morgan fingerprint density at radius 1 is 0.288 bits per heavy atom. The maximum Gasteiger partial charge on any atom is 0.397 e. The average molecular weight is 838 g/mol. The van der Waals surface area contributed by atoms with Crippen LogP contribution in [-0.4, -0.2) is 39.2 Å². The van der Waals surface area contributed by atoms with Gasteiger partial charge in [-0.15, -0.1) is 0 Å². The van der Waals surface area contributed by atoms with Crippen LogP contribution in [0, 0.1) is 10.1 Å². The van der Waals surface area contributed by atoms with Crippen LogP contribution in [0.15, 0.2) is 237 Å². The molecule has 0 radical (unpaired) electrons. The average Bonchev–Trinajstić information content (AvgIpc) is 3.31. The van der Waals surface area contributed by atoms with E-state index >= 15 is 0 Å². The molecule has 7 nitrogen and oxygen atoms in total. The number of benzene rings is 8. The van der Waals surface area contributed by atoms with E-state index in [0.29, 0.717) is 10.4 Å². The Labute approximate surface area is 347 Å². The molecule has 11 heteroatoms. The minimum Gasteiger partial charge on any atom is -0.402 e. The summed E-state index contributed by atoms with van der Waals surface area (Å²) in [5.74, 6) is 0. The fourth-order valence-corrected chi connectivity index (χ4v) is 30.7. The molecule has 0 N–H and O–H groups in total. The first kappa shape index (κ1) is 38.4. The van der Waals surface area contributed by atoms with Crippen molar-refractivity contribution in [2.24, 2.45) is 0 Å². The van der Waals surface area contributed by atoms with E-state index in [2.05, 4.69) is 24.3 Å². The zero-order chi connectivity index (χ0) is 40.2. The van der Waals surface area contributed by atoms with Crippen LogP contribution in [0.5, 0.6) is 0 Å². The van der Waals surface area contributed by atoms with Gasteiger partial charge in [0, 0.05) is 6.07 Å². The highest BCUT2D eigenvalue weighted by Gasteiger charge is 2.68. The van der Waals surface area contributed by atoms with Crippen LogP contribution in [0.3, 0.4) is 0 Å². The molecule has 1 heterocycles. The molecule has 9 rings (SSSR count). The van der Waals surface area contributed by atoms with Crippen LogP contribution in [0.1, 0.15) is 0 Å². The van der Waals surface area contributed by atoms with Gasteiger partial charge in [-0.3, -0.25) is 10.1 Å². The topological polar surface area (TPSA) is 80.1 Å². The molecule has 1 saturated heterocycles. The minimum atomic E-state index is -4.44. The van der Waals surface area contributed by atoms with Crippen LogP contribution in [0.25, 0.3) is 0 Å². The zero-order valence-corrected chi connectivity index (χ0v) is 35.9. The predicted octanol–water partition coefficient (Wildman–Crippen LogP) is 5.00. The zero-order valence-electron chi connectivity index (χ0n) is 31.9. The highest BCUT2D eigenvalue weighted by Crippen LogP contribution is 2.33. The standard InChI is InChI=1S/C48H39NO6Si4/c50-49(51)47-38-22-23-39-48(47)59(46-36-20-7-21-37-46)54-57(42-28-12-3-13-29-42,43-30-14-4-15-31-43)52-56(40-24-8-1-9-25-40,41-26-10-2-11-27-41)53-58(55-59,44-32-16-5-17-33-44)45-34-18-6-19-35-45/h1-39H. The summed E-state index contributed by atoms with van der Waals surface area (Å²) in [4.78, 5) is 13.0. The molecule has 0 saturated carbocycles. The Morgan fingerprint density at radius 3 is 0.746 bits per heavy atom. The predicted molar refractivity (Wildman–Crippen MR) is 243 cm³/mol. The van der Waals surface area contributed by atoms with Crippen molar-refractivity contribution in [1.82, 2.24) is 0 Å². The molecule has 0 amide bonds. The van der Waals surface area contributed by atoms with Crippen molar-refractivity contribution in [2.75, 3.05) is 0 Å². The molecule has 8 aromatic carbocycles. The molecular formula is C48H39NO6Si4. The van der Waals surface area contributed by atoms with Crippen molar-refractivity contribution in [2.45, 2.75) is 0 Å². The first-order valence-corrected chi connectivity index (χ1v) is 26.7. The molecule has 0 aliphatic carbocycles. The van der Waals surface area contributed by atoms with E-state index in [1.165, 1.54) is 6.07 Å². The van der Waals surface area contributed by atoms with Crippen LogP contribution in [0.4, 0.5) is 5.69 Å². The second kappa shape index (κ2) is 16.3. The summed E-state index contributed by atoms with van der Waals surface area (Å²) in [6.07, 6.45) is 0. The van der Waals surface area contributed by atoms with Gasteiger partial charge in [-0.2, -0.15) is 0 Å². The van der Waals surface area contributed by atoms with Crippen molar-refractivity contribution in [3.63, 3.8) is 0 Å². The lowest BCUT2D eigenvalue weighted by Gasteiger charge is -2.53. The molecule has 288 valence electrons. The van der Waals surface area contributed by atoms with Crippen molar-refractivity contribution < 1.29 is 21.4 Å². The van der Waals surface area contributed by atoms with Crippen molar-refractivity contribution >= 4 is 81.4 Å². The number of rotatable bonds is 9. The van der Waals surface area contributed by atoms with Crippen LogP contribution in [-0.2, 0) is 16.5 Å². The molecule has 1 aliphatic heterocycles. The molecular weight excluding hydrogens is 799 g/mol. The molecule has 0 spiro atoms. The van der Waals surface area contributed by atoms with Crippen LogP contribution < -0.4 is 41.5 Å². The molecule has 0 unspecified atom stereocenters. The highest BCUT2D eigenvalue weighted by atomic mass is 28.5. The number of nitro benzene ring substituents is 1. The van der Waals surface area contributed by atoms with Gasteiger partial charge in [-0.1, -0.05) is 231 Å². The van der Waals surface area contributed by atoms with E-state index in [4.69, 9.17) is 16.5 Å². The summed E-state index contributed by atoms with van der Waals surface area (Å²) < 4.78 is 33.4. The molecule has 1 aliphatic rings. The van der Waals surface area contributed by atoms with Gasteiger partial charge >= 0.3 is 34.2 Å². The van der Waals surface area contributed by atoms with E-state index in [0.717, 1.165) is 31.1 Å². The first-order valence-electron chi connectivity index (χ1n) is 19.4. The van der Waals surface area contributed by atoms with Gasteiger partial charge < -0.3 is 16.5 Å². The van der Waals surface area contributed by atoms with E-state index in [9.17, 15) is 10.1 Å². The molecule has 59 heavy (non-hydrogen) atoms. The lowest BCUT2D eigenvalue weighted by Crippen LogP contribution is -2.88. The Kier molecular flexibility index (Phi) is 10.6. The number of hydrogen-bond donors (Lipinski definition) is 0. The van der Waals surface area contributed by atoms with Gasteiger partial charge in [0.05, 0.1) is 10.1 Å². The van der Waals surface area contributed by atoms with Gasteiger partial charge in [0.15, 0.2) is 0 Å². The quantitative estimate of drug-likeness (QED) is 0.116. The summed E-state index contributed by atoms with van der Waals surface area (Å²) in [5, 5.41) is 19.3. The third-order valence-corrected chi connectivity index (χ3v) is 28.7. The van der Waals surface area contributed by atoms with E-state index in [1.54, 1.807) is 12.1 Å². The Balaban J connectivity index is 1.52. The van der Waals surface area contributed by atoms with Gasteiger partial charge in [0.1, 0.15) is 0 Å². The van der Waals surface area contributed by atoms with Crippen molar-refractivity contribution in [1.29, 1.82) is 0 Å². The Bertz CT molecular complexity index is 2430. The fourth-order valence-electron chi connectivity index (χ4n) is 8.00. The normalized spacial score (nSPS) is 16.5. The Morgan fingerprint density at radius 2 is 0.492 bits per heavy atom. The molecule has 0 aromatic heterocycles. The monoisotopic (exact) mass is 837 g/mol. The van der Waals surface area contributed by atoms with Crippen molar-refractivity contribution in [3.05, 3.63) is 247 Å². The first-order chi connectivity index (χ1) is 29.0. The third kappa shape index (κ3) is 6.89. The molecule has 1 fully saturated rings. The lowest BCUT2D eigenvalue weighted by atomic mass is 10.3. The summed E-state index contributed by atoms with van der Waals surface area (Å²) in [5.41, 5.74) is -0.105. The largest absolute Gasteiger partial charge is 0.402 e. The number of hydrogen-bond acceptors (Lipinski definition) is 6. The molecule has 0 atom stereocenters. The number of nitrogens with zero attached hydrogens (tertiary/aromatic N) is 1. The van der Waals surface area contributed by atoms with E-state index in [-0.39, 0.29) is 10.6 Å². The van der Waals surface area contributed by atoms with E-state index < -0.39 is 34.2 Å². The van der Waals surface area contributed by atoms with Crippen LogP contribution in [0.2, 0.25) is 0 Å². The van der Waals surface area contributed by atoms with Gasteiger partial charge in [0.25, 0.3) is 5.69 Å². The second-order valence-electron chi connectivity index (χ2n) is 14.2. The minimum absolute atomic E-state index is 0.105. The SMILES string of the molecule is O=[N+]([O-])c1ccccc1[Si]1(c2ccccc2)O[Si](c2ccccc2)(c2ccccc2)O[Si](c2ccccc2)(c2ccccc2)O[Si](c2ccccc2)(c2ccccc2)O1. The lowest BCUT2D eigenvalue weighted by molar-refractivity contribution is -0.383. The molecule has 0 bridgehead atoms. The van der Waals surface area contributed by atoms with Gasteiger partial charge in [-0.05, 0) is 36.3 Å². The van der Waals surface area contributed by atoms with Gasteiger partial charge in [-0.25, -0.2) is 0 Å². The molecule has 8 aromatic rings. The van der Waals surface area contributed by atoms with Crippen LogP contribution >= 0.6 is 0 Å². The maximum absolute atomic E-state index is 13.4. The number of para-hydroxylation sites is 1. The smallest absolute Gasteiger partial charge is 0.397 e. The maximum atomic E-state index is 13.4. The summed E-state index contributed by atoms with van der Waals surface area (Å²) in [6.45, 7) is 0. The fraction of sp³-hybridized carbons (Fsp3) is 0. The summed E-state index contributed by atoms with van der Waals surface area (Å²) >= 11 is 0. The second-order valence-corrected chi connectivity index (χ2v) is 27.0. The Hall–Kier alpha value is -6.13. The summed E-state index contributed by atoms with van der Waals surface area (Å²) in [6, 6.07) is 77.0. The summed E-state index contributed by atoms with van der Waals surface area (Å²) in [7, 11) is -16.8. The van der Waals surface area contributed by atoms with Crippen molar-refractivity contribution in [3.8, 4) is 0 Å².